The number of allylic oxidation sites excluding steroid dienone is 4. The zero-order valence-corrected chi connectivity index (χ0v) is 21.7. The minimum atomic E-state index is -4.13. The quantitative estimate of drug-likeness (QED) is 0.279. The first-order valence-electron chi connectivity index (χ1n) is 12.1. The van der Waals surface area contributed by atoms with E-state index >= 15 is 0 Å². The van der Waals surface area contributed by atoms with Crippen molar-refractivity contribution in [2.24, 2.45) is 17.8 Å². The zero-order valence-electron chi connectivity index (χ0n) is 20.9. The maximum atomic E-state index is 13.3. The molecule has 0 spiro atoms. The predicted octanol–water partition coefficient (Wildman–Crippen LogP) is 5.08. The standard InChI is InChI=1S/C27H38N2O5S.CH4/c1-5-19(2)6-9-21(4)29-27(31)25(23-12-7-20(3)8-13-23)18-22-10-14-24(15-11-22)26(30)28-16-17-35(32,33)34;/h5-6,9-11,14-15,20,23,25H,4,7-8,12-13,16-18H2,1-3H3,(H,28,30)(H,29,31)(H,32,33,34);1H4/b9-6-,19-5-;. The molecule has 2 amide bonds. The Morgan fingerprint density at radius 1 is 1.14 bits per heavy atom. The van der Waals surface area contributed by atoms with Crippen molar-refractivity contribution in [2.75, 3.05) is 12.3 Å². The van der Waals surface area contributed by atoms with Gasteiger partial charge in [0.25, 0.3) is 16.0 Å². The number of amides is 2. The third kappa shape index (κ3) is 10.9. The largest absolute Gasteiger partial charge is 0.351 e. The highest BCUT2D eigenvalue weighted by Crippen LogP contribution is 2.35. The Morgan fingerprint density at radius 2 is 1.75 bits per heavy atom. The molecular weight excluding hydrogens is 476 g/mol. The summed E-state index contributed by atoms with van der Waals surface area (Å²) >= 11 is 0. The van der Waals surface area contributed by atoms with Gasteiger partial charge < -0.3 is 10.6 Å². The summed E-state index contributed by atoms with van der Waals surface area (Å²) in [6.45, 7) is 9.99. The van der Waals surface area contributed by atoms with Crippen molar-refractivity contribution in [3.63, 3.8) is 0 Å². The van der Waals surface area contributed by atoms with E-state index in [0.717, 1.165) is 36.8 Å². The first-order valence-corrected chi connectivity index (χ1v) is 13.7. The highest BCUT2D eigenvalue weighted by Gasteiger charge is 2.31. The van der Waals surface area contributed by atoms with Gasteiger partial charge in [-0.2, -0.15) is 8.42 Å². The lowest BCUT2D eigenvalue weighted by atomic mass is 9.74. The van der Waals surface area contributed by atoms with Crippen LogP contribution in [0.15, 0.2) is 60.3 Å². The minimum Gasteiger partial charge on any atom is -0.351 e. The zero-order chi connectivity index (χ0) is 26.0. The van der Waals surface area contributed by atoms with Crippen LogP contribution < -0.4 is 10.6 Å². The van der Waals surface area contributed by atoms with Gasteiger partial charge in [-0.3, -0.25) is 14.1 Å². The molecule has 2 rings (SSSR count). The van der Waals surface area contributed by atoms with E-state index in [1.54, 1.807) is 12.1 Å². The highest BCUT2D eigenvalue weighted by molar-refractivity contribution is 7.85. The van der Waals surface area contributed by atoms with E-state index in [0.29, 0.717) is 23.6 Å². The number of carbonyl (C=O) groups is 2. The summed E-state index contributed by atoms with van der Waals surface area (Å²) < 4.78 is 30.4. The number of benzene rings is 1. The van der Waals surface area contributed by atoms with Gasteiger partial charge in [0, 0.05) is 23.7 Å². The maximum Gasteiger partial charge on any atom is 0.266 e. The first kappa shape index (κ1) is 31.3. The fourth-order valence-electron chi connectivity index (χ4n) is 4.22. The Balaban J connectivity index is 0.00000648. The van der Waals surface area contributed by atoms with Crippen molar-refractivity contribution in [2.45, 2.75) is 60.3 Å². The maximum absolute atomic E-state index is 13.3. The van der Waals surface area contributed by atoms with Crippen LogP contribution in [0, 0.1) is 17.8 Å². The van der Waals surface area contributed by atoms with E-state index in [2.05, 4.69) is 24.1 Å². The molecule has 1 aliphatic rings. The lowest BCUT2D eigenvalue weighted by molar-refractivity contribution is -0.126. The van der Waals surface area contributed by atoms with E-state index in [4.69, 9.17) is 4.55 Å². The van der Waals surface area contributed by atoms with E-state index < -0.39 is 21.8 Å². The van der Waals surface area contributed by atoms with E-state index in [-0.39, 0.29) is 31.7 Å². The van der Waals surface area contributed by atoms with Crippen molar-refractivity contribution in [1.29, 1.82) is 0 Å². The summed E-state index contributed by atoms with van der Waals surface area (Å²) in [6.07, 6.45) is 10.5. The van der Waals surface area contributed by atoms with Crippen LogP contribution in [0.4, 0.5) is 0 Å². The van der Waals surface area contributed by atoms with Gasteiger partial charge in [-0.15, -0.1) is 0 Å². The molecule has 1 aliphatic carbocycles. The molecular formula is C28H42N2O5S. The first-order chi connectivity index (χ1) is 16.5. The molecule has 1 atom stereocenters. The SMILES string of the molecule is C.C=C(/C=C\C(C)=C/C)NC(=O)C(Cc1ccc(C(=O)NCCS(=O)(=O)O)cc1)C1CCC(C)CC1. The van der Waals surface area contributed by atoms with Gasteiger partial charge in [-0.25, -0.2) is 0 Å². The Morgan fingerprint density at radius 3 is 2.31 bits per heavy atom. The van der Waals surface area contributed by atoms with Crippen LogP contribution in [0.25, 0.3) is 0 Å². The van der Waals surface area contributed by atoms with Gasteiger partial charge in [0.2, 0.25) is 5.91 Å². The van der Waals surface area contributed by atoms with Crippen molar-refractivity contribution in [3.8, 4) is 0 Å². The molecule has 8 heteroatoms. The van der Waals surface area contributed by atoms with Gasteiger partial charge >= 0.3 is 0 Å². The second-order valence-corrected chi connectivity index (χ2v) is 11.0. The summed E-state index contributed by atoms with van der Waals surface area (Å²) in [5.74, 6) is -0.244. The normalized spacial score (nSPS) is 19.3. The monoisotopic (exact) mass is 518 g/mol. The van der Waals surface area contributed by atoms with Crippen LogP contribution in [-0.4, -0.2) is 37.1 Å². The molecule has 1 unspecified atom stereocenters. The van der Waals surface area contributed by atoms with Crippen LogP contribution in [-0.2, 0) is 21.3 Å². The second-order valence-electron chi connectivity index (χ2n) is 9.45. The molecule has 7 nitrogen and oxygen atoms in total. The average Bonchev–Trinajstić information content (AvgIpc) is 2.81. The minimum absolute atomic E-state index is 0. The van der Waals surface area contributed by atoms with Crippen molar-refractivity contribution in [1.82, 2.24) is 10.6 Å². The van der Waals surface area contributed by atoms with Crippen molar-refractivity contribution in [3.05, 3.63) is 71.5 Å². The summed E-state index contributed by atoms with van der Waals surface area (Å²) in [6, 6.07) is 6.98. The number of carbonyl (C=O) groups excluding carboxylic acids is 2. The Hall–Kier alpha value is -2.71. The molecule has 1 fully saturated rings. The molecule has 0 heterocycles. The number of hydrogen-bond acceptors (Lipinski definition) is 4. The molecule has 0 aliphatic heterocycles. The fourth-order valence-corrected chi connectivity index (χ4v) is 4.58. The summed E-state index contributed by atoms with van der Waals surface area (Å²) in [7, 11) is -4.13. The summed E-state index contributed by atoms with van der Waals surface area (Å²) in [5, 5.41) is 5.45. The molecule has 1 aromatic rings. The van der Waals surface area contributed by atoms with Crippen molar-refractivity contribution >= 4 is 21.9 Å². The number of nitrogens with one attached hydrogen (secondary N) is 2. The van der Waals surface area contributed by atoms with E-state index in [9.17, 15) is 18.0 Å². The van der Waals surface area contributed by atoms with Crippen LogP contribution >= 0.6 is 0 Å². The lowest BCUT2D eigenvalue weighted by Gasteiger charge is -2.32. The fraction of sp³-hybridized carbons (Fsp3) is 0.500. The third-order valence-electron chi connectivity index (χ3n) is 6.57. The second kappa shape index (κ2) is 14.8. The Kier molecular flexibility index (Phi) is 12.8. The van der Waals surface area contributed by atoms with Gasteiger partial charge in [-0.1, -0.05) is 63.6 Å². The van der Waals surface area contributed by atoms with E-state index in [1.807, 2.05) is 44.2 Å². The molecule has 0 bridgehead atoms. The molecule has 0 saturated heterocycles. The summed E-state index contributed by atoms with van der Waals surface area (Å²) in [4.78, 5) is 25.5. The van der Waals surface area contributed by atoms with Crippen LogP contribution in [0.2, 0.25) is 0 Å². The summed E-state index contributed by atoms with van der Waals surface area (Å²) in [5.41, 5.74) is 2.97. The number of hydrogen-bond donors (Lipinski definition) is 3. The molecule has 0 radical (unpaired) electrons. The van der Waals surface area contributed by atoms with E-state index in [1.165, 1.54) is 0 Å². The topological polar surface area (TPSA) is 113 Å². The van der Waals surface area contributed by atoms with Gasteiger partial charge in [-0.05, 0) is 68.7 Å². The molecule has 1 saturated carbocycles. The van der Waals surface area contributed by atoms with Crippen LogP contribution in [0.1, 0.15) is 69.8 Å². The third-order valence-corrected chi connectivity index (χ3v) is 7.29. The lowest BCUT2D eigenvalue weighted by Crippen LogP contribution is -2.37. The smallest absolute Gasteiger partial charge is 0.266 e. The van der Waals surface area contributed by atoms with Crippen LogP contribution in [0.3, 0.4) is 0 Å². The number of rotatable bonds is 11. The molecule has 0 aromatic heterocycles. The molecule has 36 heavy (non-hydrogen) atoms. The average molecular weight is 519 g/mol. The van der Waals surface area contributed by atoms with Crippen LogP contribution in [0.5, 0.6) is 0 Å². The highest BCUT2D eigenvalue weighted by atomic mass is 32.2. The Bertz CT molecular complexity index is 1050. The van der Waals surface area contributed by atoms with Gasteiger partial charge in [0.05, 0.1) is 5.75 Å². The predicted molar refractivity (Wildman–Crippen MR) is 146 cm³/mol. The molecule has 200 valence electrons. The Labute approximate surface area is 216 Å². The molecule has 1 aromatic carbocycles. The van der Waals surface area contributed by atoms with Gasteiger partial charge in [0.15, 0.2) is 0 Å². The molecule has 3 N–H and O–H groups in total. The van der Waals surface area contributed by atoms with Crippen molar-refractivity contribution < 1.29 is 22.6 Å². The van der Waals surface area contributed by atoms with Gasteiger partial charge in [0.1, 0.15) is 0 Å².